The summed E-state index contributed by atoms with van der Waals surface area (Å²) in [5, 5.41) is 2.46. The van der Waals surface area contributed by atoms with Crippen LogP contribution in [-0.2, 0) is 14.0 Å². The number of allylic oxidation sites excluding steroid dienone is 1. The van der Waals surface area contributed by atoms with Gasteiger partial charge in [0.2, 0.25) is 0 Å². The molecule has 5 atom stereocenters. The highest BCUT2D eigenvalue weighted by atomic mass is 28.4. The maximum Gasteiger partial charge on any atom is 0.309 e. The van der Waals surface area contributed by atoms with Gasteiger partial charge in [0.1, 0.15) is 0 Å². The summed E-state index contributed by atoms with van der Waals surface area (Å²) >= 11 is 0. The Morgan fingerprint density at radius 2 is 1.49 bits per heavy atom. The zero-order valence-corrected chi connectivity index (χ0v) is 23.3. The van der Waals surface area contributed by atoms with E-state index in [9.17, 15) is 4.79 Å². The fourth-order valence-electron chi connectivity index (χ4n) is 7.26. The van der Waals surface area contributed by atoms with Crippen LogP contribution in [0.1, 0.15) is 60.3 Å². The van der Waals surface area contributed by atoms with E-state index >= 15 is 0 Å². The molecule has 188 valence electrons. The lowest BCUT2D eigenvalue weighted by atomic mass is 9.57. The zero-order valence-electron chi connectivity index (χ0n) is 22.3. The van der Waals surface area contributed by atoms with Crippen molar-refractivity contribution in [1.29, 1.82) is 0 Å². The zero-order chi connectivity index (χ0) is 25.4. The number of fused-ring (bicyclic) bond motifs is 1. The predicted molar refractivity (Wildman–Crippen MR) is 146 cm³/mol. The van der Waals surface area contributed by atoms with Gasteiger partial charge >= 0.3 is 5.97 Å². The fraction of sp³-hybridized carbons (Fsp3) is 0.516. The lowest BCUT2D eigenvalue weighted by molar-refractivity contribution is -0.156. The molecule has 0 N–H and O–H groups in total. The van der Waals surface area contributed by atoms with Crippen molar-refractivity contribution in [3.05, 3.63) is 72.8 Å². The standard InChI is InChI=1S/C31H42O3Si/c1-22(2)31-20-18-23(3)27(29(32)33-7)28(31)26(19-21-31)34-35(30(4,5)6,24-14-10-8-11-15-24)25-16-12-9-13-17-25/h8-17,23,26-28H,1,18-21H2,2-7H3/t23-,26+,27-,28+,31+/m1/s1. The van der Waals surface area contributed by atoms with E-state index in [1.165, 1.54) is 23.1 Å². The molecule has 35 heavy (non-hydrogen) atoms. The highest BCUT2D eigenvalue weighted by Gasteiger charge is 2.61. The summed E-state index contributed by atoms with van der Waals surface area (Å²) in [7, 11) is -1.21. The second kappa shape index (κ2) is 9.70. The summed E-state index contributed by atoms with van der Waals surface area (Å²) in [4.78, 5) is 13.2. The number of esters is 1. The number of carbonyl (C=O) groups is 1. The minimum atomic E-state index is -2.74. The number of hydrogen-bond donors (Lipinski definition) is 0. The van der Waals surface area contributed by atoms with E-state index < -0.39 is 8.32 Å². The molecule has 2 aliphatic carbocycles. The molecule has 0 unspecified atom stereocenters. The van der Waals surface area contributed by atoms with Crippen molar-refractivity contribution < 1.29 is 14.0 Å². The van der Waals surface area contributed by atoms with Gasteiger partial charge in [-0.05, 0) is 59.4 Å². The van der Waals surface area contributed by atoms with Gasteiger partial charge < -0.3 is 9.16 Å². The summed E-state index contributed by atoms with van der Waals surface area (Å²) in [6.45, 7) is 15.8. The van der Waals surface area contributed by atoms with Crippen molar-refractivity contribution in [2.75, 3.05) is 7.11 Å². The summed E-state index contributed by atoms with van der Waals surface area (Å²) < 4.78 is 13.0. The first kappa shape index (κ1) is 25.9. The third-order valence-corrected chi connectivity index (χ3v) is 14.1. The van der Waals surface area contributed by atoms with Crippen molar-refractivity contribution >= 4 is 24.7 Å². The Labute approximate surface area is 213 Å². The second-order valence-corrected chi connectivity index (χ2v) is 16.1. The smallest absolute Gasteiger partial charge is 0.309 e. The molecule has 2 aromatic carbocycles. The Morgan fingerprint density at radius 3 is 1.94 bits per heavy atom. The van der Waals surface area contributed by atoms with Crippen LogP contribution in [-0.4, -0.2) is 27.5 Å². The Bertz CT molecular complexity index is 1000. The summed E-state index contributed by atoms with van der Waals surface area (Å²) in [5.41, 5.74) is 1.12. The number of rotatable bonds is 6. The average Bonchev–Trinajstić information content (AvgIpc) is 3.22. The number of benzene rings is 2. The number of carbonyl (C=O) groups excluding carboxylic acids is 1. The number of ether oxygens (including phenoxy) is 1. The van der Waals surface area contributed by atoms with E-state index in [1.54, 1.807) is 0 Å². The van der Waals surface area contributed by atoms with Gasteiger partial charge in [-0.25, -0.2) is 0 Å². The molecular formula is C31H42O3Si. The normalized spacial score (nSPS) is 28.9. The molecule has 0 amide bonds. The predicted octanol–water partition coefficient (Wildman–Crippen LogP) is 6.12. The number of hydrogen-bond acceptors (Lipinski definition) is 3. The molecule has 2 saturated carbocycles. The van der Waals surface area contributed by atoms with Crippen molar-refractivity contribution in [3.63, 3.8) is 0 Å². The van der Waals surface area contributed by atoms with Crippen molar-refractivity contribution in [2.45, 2.75) is 71.4 Å². The monoisotopic (exact) mass is 490 g/mol. The fourth-order valence-corrected chi connectivity index (χ4v) is 12.0. The number of methoxy groups -OCH3 is 1. The third-order valence-electron chi connectivity index (χ3n) is 9.03. The lowest BCUT2D eigenvalue weighted by Crippen LogP contribution is -2.68. The van der Waals surface area contributed by atoms with Crippen molar-refractivity contribution in [2.24, 2.45) is 23.2 Å². The molecule has 0 aliphatic heterocycles. The van der Waals surface area contributed by atoms with E-state index in [0.29, 0.717) is 0 Å². The largest absolute Gasteiger partial charge is 0.469 e. The van der Waals surface area contributed by atoms with E-state index in [-0.39, 0.29) is 40.3 Å². The first-order valence-corrected chi connectivity index (χ1v) is 15.0. The molecule has 2 fully saturated rings. The van der Waals surface area contributed by atoms with Crippen LogP contribution in [0.15, 0.2) is 72.8 Å². The molecular weight excluding hydrogens is 448 g/mol. The topological polar surface area (TPSA) is 35.5 Å². The molecule has 4 rings (SSSR count). The molecule has 2 aromatic rings. The van der Waals surface area contributed by atoms with Gasteiger partial charge in [0, 0.05) is 5.92 Å². The van der Waals surface area contributed by atoms with Crippen LogP contribution < -0.4 is 10.4 Å². The maximum atomic E-state index is 13.2. The van der Waals surface area contributed by atoms with Gasteiger partial charge in [-0.3, -0.25) is 4.79 Å². The average molecular weight is 491 g/mol. The van der Waals surface area contributed by atoms with Gasteiger partial charge in [-0.2, -0.15) is 0 Å². The van der Waals surface area contributed by atoms with Crippen molar-refractivity contribution in [1.82, 2.24) is 0 Å². The summed E-state index contributed by atoms with van der Waals surface area (Å²) in [6.07, 6.45) is 4.04. The van der Waals surface area contributed by atoms with Crippen LogP contribution in [0.3, 0.4) is 0 Å². The maximum absolute atomic E-state index is 13.2. The van der Waals surface area contributed by atoms with Gasteiger partial charge in [-0.1, -0.05) is 101 Å². The third kappa shape index (κ3) is 4.23. The minimum absolute atomic E-state index is 0.0233. The Hall–Kier alpha value is -2.17. The quantitative estimate of drug-likeness (QED) is 0.278. The Morgan fingerprint density at radius 1 is 0.971 bits per heavy atom. The Kier molecular flexibility index (Phi) is 7.18. The molecule has 0 saturated heterocycles. The first-order valence-electron chi connectivity index (χ1n) is 13.1. The molecule has 3 nitrogen and oxygen atoms in total. The Balaban J connectivity index is 1.90. The van der Waals surface area contributed by atoms with E-state index in [1.807, 2.05) is 0 Å². The molecule has 4 heteroatoms. The minimum Gasteiger partial charge on any atom is -0.469 e. The van der Waals surface area contributed by atoms with Crippen LogP contribution in [0.4, 0.5) is 0 Å². The second-order valence-electron chi connectivity index (χ2n) is 11.9. The van der Waals surface area contributed by atoms with Gasteiger partial charge in [-0.15, -0.1) is 0 Å². The summed E-state index contributed by atoms with van der Waals surface area (Å²) in [5.74, 6) is 0.0862. The molecule has 0 radical (unpaired) electrons. The lowest BCUT2D eigenvalue weighted by Gasteiger charge is -2.51. The SMILES string of the molecule is C=C(C)[C@@]12CC[C@@H](C)[C@@H](C(=O)OC)[C@@H]1[C@@H](O[Si](c1ccccc1)(c1ccccc1)C(C)(C)C)CC2. The van der Waals surface area contributed by atoms with E-state index in [0.717, 1.165) is 25.7 Å². The molecule has 0 bridgehead atoms. The first-order chi connectivity index (χ1) is 16.6. The highest BCUT2D eigenvalue weighted by molar-refractivity contribution is 6.99. The van der Waals surface area contributed by atoms with Gasteiger partial charge in [0.15, 0.2) is 0 Å². The van der Waals surface area contributed by atoms with Gasteiger partial charge in [0.05, 0.1) is 19.1 Å². The molecule has 0 aromatic heterocycles. The van der Waals surface area contributed by atoms with Crippen LogP contribution in [0.5, 0.6) is 0 Å². The van der Waals surface area contributed by atoms with Crippen LogP contribution >= 0.6 is 0 Å². The van der Waals surface area contributed by atoms with E-state index in [4.69, 9.17) is 9.16 Å². The molecule has 0 spiro atoms. The van der Waals surface area contributed by atoms with E-state index in [2.05, 4.69) is 102 Å². The van der Waals surface area contributed by atoms with Gasteiger partial charge in [0.25, 0.3) is 8.32 Å². The molecule has 2 aliphatic rings. The van der Waals surface area contributed by atoms with Crippen molar-refractivity contribution in [3.8, 4) is 0 Å². The molecule has 0 heterocycles. The van der Waals surface area contributed by atoms with Crippen LogP contribution in [0.25, 0.3) is 0 Å². The van der Waals surface area contributed by atoms with Crippen LogP contribution in [0, 0.1) is 23.2 Å². The van der Waals surface area contributed by atoms with Crippen LogP contribution in [0.2, 0.25) is 5.04 Å². The summed E-state index contributed by atoms with van der Waals surface area (Å²) in [6, 6.07) is 21.6. The highest BCUT2D eigenvalue weighted by Crippen LogP contribution is 2.61.